The van der Waals surface area contributed by atoms with Crippen molar-refractivity contribution in [3.8, 4) is 0 Å². The first kappa shape index (κ1) is 16.6. The quantitative estimate of drug-likeness (QED) is 0.770. The second-order valence-electron chi connectivity index (χ2n) is 4.55. The van der Waals surface area contributed by atoms with Gasteiger partial charge in [0, 0.05) is 13.5 Å². The van der Waals surface area contributed by atoms with Gasteiger partial charge in [0.15, 0.2) is 10.8 Å². The van der Waals surface area contributed by atoms with Gasteiger partial charge in [0.05, 0.1) is 4.88 Å². The second-order valence-corrected chi connectivity index (χ2v) is 5.64. The van der Waals surface area contributed by atoms with Crippen molar-refractivity contribution < 1.29 is 14.7 Å². The largest absolute Gasteiger partial charge is 0.476 e. The van der Waals surface area contributed by atoms with Gasteiger partial charge in [0.1, 0.15) is 0 Å². The summed E-state index contributed by atoms with van der Waals surface area (Å²) in [6.07, 6.45) is 2.03. The number of carbonyl (C=O) groups excluding carboxylic acids is 1. The van der Waals surface area contributed by atoms with E-state index in [2.05, 4.69) is 29.0 Å². The van der Waals surface area contributed by atoms with Crippen molar-refractivity contribution in [1.82, 2.24) is 9.88 Å². The van der Waals surface area contributed by atoms with Crippen LogP contribution < -0.4 is 5.32 Å². The Morgan fingerprint density at radius 3 is 2.35 bits per heavy atom. The number of carbonyl (C=O) groups is 2. The Labute approximate surface area is 122 Å². The van der Waals surface area contributed by atoms with Gasteiger partial charge in [-0.2, -0.15) is 0 Å². The highest BCUT2D eigenvalue weighted by Crippen LogP contribution is 2.25. The van der Waals surface area contributed by atoms with E-state index in [4.69, 9.17) is 0 Å². The van der Waals surface area contributed by atoms with Gasteiger partial charge >= 0.3 is 5.97 Å². The minimum absolute atomic E-state index is 0.0379. The van der Waals surface area contributed by atoms with E-state index in [0.29, 0.717) is 16.6 Å². The maximum Gasteiger partial charge on any atom is 0.355 e. The third-order valence-corrected chi connectivity index (χ3v) is 3.59. The molecular formula is C13H21N3O3S. The summed E-state index contributed by atoms with van der Waals surface area (Å²) in [5.74, 6) is -1.30. The number of carboxylic acids is 1. The van der Waals surface area contributed by atoms with E-state index < -0.39 is 5.97 Å². The third-order valence-electron chi connectivity index (χ3n) is 2.63. The fraction of sp³-hybridized carbons (Fsp3) is 0.615. The molecule has 0 aliphatic carbocycles. The molecule has 1 amide bonds. The Balaban J connectivity index is 2.92. The molecule has 1 heterocycles. The Morgan fingerprint density at radius 2 is 1.90 bits per heavy atom. The number of thiazole rings is 1. The molecule has 1 aromatic heterocycles. The predicted octanol–water partition coefficient (Wildman–Crippen LogP) is 2.42. The van der Waals surface area contributed by atoms with Crippen LogP contribution in [0.25, 0.3) is 0 Å². The first-order valence-electron chi connectivity index (χ1n) is 6.70. The van der Waals surface area contributed by atoms with Gasteiger partial charge in [-0.3, -0.25) is 9.69 Å². The van der Waals surface area contributed by atoms with Crippen LogP contribution in [0.5, 0.6) is 0 Å². The number of aromatic carboxylic acids is 1. The normalized spacial score (nSPS) is 10.8. The highest BCUT2D eigenvalue weighted by atomic mass is 32.1. The van der Waals surface area contributed by atoms with Crippen LogP contribution in [0, 0.1) is 0 Å². The van der Waals surface area contributed by atoms with Gasteiger partial charge in [-0.25, -0.2) is 9.78 Å². The average Bonchev–Trinajstić information content (AvgIpc) is 2.71. The number of hydrogen-bond acceptors (Lipinski definition) is 5. The summed E-state index contributed by atoms with van der Waals surface area (Å²) in [5.41, 5.74) is 0.0379. The number of aromatic nitrogens is 1. The summed E-state index contributed by atoms with van der Waals surface area (Å²) < 4.78 is 0. The molecular weight excluding hydrogens is 278 g/mol. The van der Waals surface area contributed by atoms with Crippen LogP contribution >= 0.6 is 11.3 Å². The molecule has 2 N–H and O–H groups in total. The number of nitrogens with one attached hydrogen (secondary N) is 1. The van der Waals surface area contributed by atoms with Gasteiger partial charge in [-0.1, -0.05) is 25.2 Å². The SMILES string of the molecule is CCCN(CCC)Cc1sc(NC(C)=O)nc1C(=O)O. The molecule has 0 aromatic carbocycles. The Morgan fingerprint density at radius 1 is 1.30 bits per heavy atom. The zero-order chi connectivity index (χ0) is 15.1. The van der Waals surface area contributed by atoms with E-state index in [0.717, 1.165) is 25.9 Å². The molecule has 1 aromatic rings. The molecule has 112 valence electrons. The molecule has 0 saturated carbocycles. The van der Waals surface area contributed by atoms with Gasteiger partial charge in [0.2, 0.25) is 5.91 Å². The number of anilines is 1. The van der Waals surface area contributed by atoms with Gasteiger partial charge in [-0.15, -0.1) is 0 Å². The lowest BCUT2D eigenvalue weighted by atomic mass is 10.3. The van der Waals surface area contributed by atoms with Crippen LogP contribution in [0.15, 0.2) is 0 Å². The van der Waals surface area contributed by atoms with Crippen LogP contribution in [-0.4, -0.2) is 40.0 Å². The molecule has 0 bridgehead atoms. The third kappa shape index (κ3) is 4.90. The lowest BCUT2D eigenvalue weighted by Crippen LogP contribution is -2.25. The molecule has 0 saturated heterocycles. The predicted molar refractivity (Wildman–Crippen MR) is 79.2 cm³/mol. The van der Waals surface area contributed by atoms with E-state index in [1.165, 1.54) is 18.3 Å². The van der Waals surface area contributed by atoms with E-state index >= 15 is 0 Å². The molecule has 0 spiro atoms. The standard InChI is InChI=1S/C13H21N3O3S/c1-4-6-16(7-5-2)8-10-11(12(18)19)15-13(20-10)14-9(3)17/h4-8H2,1-3H3,(H,18,19)(H,14,15,17). The number of carboxylic acid groups (broad SMARTS) is 1. The number of amides is 1. The summed E-state index contributed by atoms with van der Waals surface area (Å²) in [6.45, 7) is 7.95. The molecule has 0 atom stereocenters. The van der Waals surface area contributed by atoms with Crippen molar-refractivity contribution in [3.05, 3.63) is 10.6 Å². The van der Waals surface area contributed by atoms with Crippen LogP contribution in [-0.2, 0) is 11.3 Å². The van der Waals surface area contributed by atoms with Crippen molar-refractivity contribution in [2.24, 2.45) is 0 Å². The summed E-state index contributed by atoms with van der Waals surface area (Å²) >= 11 is 1.23. The Hall–Kier alpha value is -1.47. The van der Waals surface area contributed by atoms with Crippen molar-refractivity contribution >= 4 is 28.3 Å². The second kappa shape index (κ2) is 7.96. The summed E-state index contributed by atoms with van der Waals surface area (Å²) in [7, 11) is 0. The number of nitrogens with zero attached hydrogens (tertiary/aromatic N) is 2. The van der Waals surface area contributed by atoms with Crippen molar-refractivity contribution in [3.63, 3.8) is 0 Å². The van der Waals surface area contributed by atoms with Crippen LogP contribution in [0.2, 0.25) is 0 Å². The number of rotatable bonds is 8. The van der Waals surface area contributed by atoms with Crippen LogP contribution in [0.4, 0.5) is 5.13 Å². The van der Waals surface area contributed by atoms with E-state index in [1.807, 2.05) is 0 Å². The van der Waals surface area contributed by atoms with Crippen molar-refractivity contribution in [2.75, 3.05) is 18.4 Å². The highest BCUT2D eigenvalue weighted by molar-refractivity contribution is 7.16. The van der Waals surface area contributed by atoms with Crippen LogP contribution in [0.3, 0.4) is 0 Å². The van der Waals surface area contributed by atoms with E-state index in [9.17, 15) is 14.7 Å². The lowest BCUT2D eigenvalue weighted by Gasteiger charge is -2.19. The molecule has 0 aliphatic heterocycles. The van der Waals surface area contributed by atoms with Crippen molar-refractivity contribution in [2.45, 2.75) is 40.2 Å². The zero-order valence-electron chi connectivity index (χ0n) is 12.1. The Kier molecular flexibility index (Phi) is 6.60. The molecule has 0 fully saturated rings. The molecule has 1 rings (SSSR count). The maximum absolute atomic E-state index is 11.2. The van der Waals surface area contributed by atoms with Gasteiger partial charge in [-0.05, 0) is 25.9 Å². The zero-order valence-corrected chi connectivity index (χ0v) is 12.9. The first-order valence-corrected chi connectivity index (χ1v) is 7.52. The minimum Gasteiger partial charge on any atom is -0.476 e. The molecule has 0 radical (unpaired) electrons. The average molecular weight is 299 g/mol. The number of hydrogen-bond donors (Lipinski definition) is 2. The first-order chi connectivity index (χ1) is 9.47. The van der Waals surface area contributed by atoms with E-state index in [1.54, 1.807) is 0 Å². The molecule has 0 aliphatic rings. The molecule has 20 heavy (non-hydrogen) atoms. The van der Waals surface area contributed by atoms with Crippen molar-refractivity contribution in [1.29, 1.82) is 0 Å². The smallest absolute Gasteiger partial charge is 0.355 e. The topological polar surface area (TPSA) is 82.5 Å². The highest BCUT2D eigenvalue weighted by Gasteiger charge is 2.19. The lowest BCUT2D eigenvalue weighted by molar-refractivity contribution is -0.114. The van der Waals surface area contributed by atoms with Gasteiger partial charge < -0.3 is 10.4 Å². The maximum atomic E-state index is 11.2. The molecule has 6 nitrogen and oxygen atoms in total. The fourth-order valence-corrected chi connectivity index (χ4v) is 2.98. The van der Waals surface area contributed by atoms with Crippen LogP contribution in [0.1, 0.15) is 49.0 Å². The molecule has 0 unspecified atom stereocenters. The van der Waals surface area contributed by atoms with E-state index in [-0.39, 0.29) is 11.6 Å². The van der Waals surface area contributed by atoms with Gasteiger partial charge in [0.25, 0.3) is 0 Å². The monoisotopic (exact) mass is 299 g/mol. The summed E-state index contributed by atoms with van der Waals surface area (Å²) in [6, 6.07) is 0. The fourth-order valence-electron chi connectivity index (χ4n) is 1.94. The molecule has 7 heteroatoms. The Bertz CT molecular complexity index is 467. The minimum atomic E-state index is -1.05. The summed E-state index contributed by atoms with van der Waals surface area (Å²) in [4.78, 5) is 29.1. The summed E-state index contributed by atoms with van der Waals surface area (Å²) in [5, 5.41) is 12.1.